The molecule has 4 N–H and O–H groups in total. The van der Waals surface area contributed by atoms with Crippen molar-refractivity contribution in [3.8, 4) is 0 Å². The van der Waals surface area contributed by atoms with Gasteiger partial charge in [-0.3, -0.25) is 4.79 Å². The summed E-state index contributed by atoms with van der Waals surface area (Å²) in [4.78, 5) is 28.8. The summed E-state index contributed by atoms with van der Waals surface area (Å²) in [6.07, 6.45) is 1.47. The van der Waals surface area contributed by atoms with Gasteiger partial charge in [0.25, 0.3) is 0 Å². The Balaban J connectivity index is 1.54. The number of amides is 2. The summed E-state index contributed by atoms with van der Waals surface area (Å²) in [5.41, 5.74) is 7.14. The first-order valence-electron chi connectivity index (χ1n) is 10.8. The van der Waals surface area contributed by atoms with Gasteiger partial charge in [0, 0.05) is 38.3 Å². The van der Waals surface area contributed by atoms with Gasteiger partial charge < -0.3 is 26.0 Å². The van der Waals surface area contributed by atoms with Crippen LogP contribution < -0.4 is 16.0 Å². The fourth-order valence-electron chi connectivity index (χ4n) is 4.84. The minimum Gasteiger partial charge on any atom is -0.465 e. The number of piperidine rings is 2. The number of anilines is 2. The lowest BCUT2D eigenvalue weighted by atomic mass is 9.71. The van der Waals surface area contributed by atoms with Gasteiger partial charge in [-0.1, -0.05) is 41.9 Å². The lowest BCUT2D eigenvalue weighted by Crippen LogP contribution is -2.56. The number of nitrogens with two attached hydrogens (primary N) is 1. The van der Waals surface area contributed by atoms with Crippen molar-refractivity contribution < 1.29 is 14.7 Å². The van der Waals surface area contributed by atoms with E-state index in [2.05, 4.69) is 20.4 Å². The minimum absolute atomic E-state index is 0.107. The molecule has 0 saturated carbocycles. The number of carboxylic acid groups (broad SMARTS) is 1. The van der Waals surface area contributed by atoms with Crippen molar-refractivity contribution in [2.24, 2.45) is 0 Å². The van der Waals surface area contributed by atoms with Gasteiger partial charge in [0.2, 0.25) is 5.91 Å². The number of hydrogen-bond acceptors (Lipinski definition) is 6. The van der Waals surface area contributed by atoms with E-state index < -0.39 is 11.5 Å². The predicted molar refractivity (Wildman–Crippen MR) is 122 cm³/mol. The molecule has 9 nitrogen and oxygen atoms in total. The standard InChI is InChI=1S/C22H27ClN6O3/c23-18-14-17(19(24)27-26-18)28-12-8-22(9-13-28,15-4-2-1-3-5-15)20(30)29-10-6-16(7-11-29)25-21(31)32/h1-5,14,16,25H,6-13H2,(H2,24,27)(H,31,32). The summed E-state index contributed by atoms with van der Waals surface area (Å²) in [7, 11) is 0. The molecule has 32 heavy (non-hydrogen) atoms. The van der Waals surface area contributed by atoms with Crippen molar-refractivity contribution in [2.45, 2.75) is 37.1 Å². The number of nitrogens with one attached hydrogen (secondary N) is 1. The van der Waals surface area contributed by atoms with Crippen molar-refractivity contribution in [3.63, 3.8) is 0 Å². The molecule has 0 spiro atoms. The molecule has 4 rings (SSSR count). The Bertz CT molecular complexity index is 973. The van der Waals surface area contributed by atoms with Crippen molar-refractivity contribution in [1.29, 1.82) is 0 Å². The number of halogens is 1. The van der Waals surface area contributed by atoms with Crippen LogP contribution in [0.15, 0.2) is 36.4 Å². The highest BCUT2D eigenvalue weighted by atomic mass is 35.5. The van der Waals surface area contributed by atoms with E-state index >= 15 is 0 Å². The van der Waals surface area contributed by atoms with Gasteiger partial charge in [-0.25, -0.2) is 4.79 Å². The number of hydrogen-bond donors (Lipinski definition) is 3. The topological polar surface area (TPSA) is 125 Å². The average molecular weight is 459 g/mol. The van der Waals surface area contributed by atoms with Crippen LogP contribution in [0.25, 0.3) is 0 Å². The average Bonchev–Trinajstić information content (AvgIpc) is 2.81. The molecule has 2 amide bonds. The summed E-state index contributed by atoms with van der Waals surface area (Å²) in [5, 5.41) is 19.5. The molecule has 0 radical (unpaired) electrons. The van der Waals surface area contributed by atoms with Gasteiger partial charge in [-0.05, 0) is 31.2 Å². The molecular formula is C22H27ClN6O3. The van der Waals surface area contributed by atoms with Crippen LogP contribution in [0.5, 0.6) is 0 Å². The summed E-state index contributed by atoms with van der Waals surface area (Å²) < 4.78 is 0. The second-order valence-corrected chi connectivity index (χ2v) is 8.78. The minimum atomic E-state index is -1.02. The van der Waals surface area contributed by atoms with Gasteiger partial charge in [0.05, 0.1) is 11.1 Å². The number of nitrogens with zero attached hydrogens (tertiary/aromatic N) is 4. The van der Waals surface area contributed by atoms with Gasteiger partial charge >= 0.3 is 6.09 Å². The van der Waals surface area contributed by atoms with Crippen LogP contribution in [-0.2, 0) is 10.2 Å². The number of aromatic nitrogens is 2. The summed E-state index contributed by atoms with van der Waals surface area (Å²) in [6.45, 7) is 2.34. The Labute approximate surface area is 191 Å². The second-order valence-electron chi connectivity index (χ2n) is 8.39. The van der Waals surface area contributed by atoms with E-state index in [-0.39, 0.29) is 17.1 Å². The third-order valence-corrected chi connectivity index (χ3v) is 6.76. The molecule has 2 aromatic rings. The first-order valence-corrected chi connectivity index (χ1v) is 11.1. The predicted octanol–water partition coefficient (Wildman–Crippen LogP) is 2.51. The van der Waals surface area contributed by atoms with Crippen LogP contribution in [0.3, 0.4) is 0 Å². The quantitative estimate of drug-likeness (QED) is 0.642. The maximum atomic E-state index is 13.9. The molecule has 2 aliphatic heterocycles. The van der Waals surface area contributed by atoms with Crippen LogP contribution in [-0.4, -0.2) is 64.4 Å². The zero-order chi connectivity index (χ0) is 22.7. The molecule has 170 valence electrons. The fraction of sp³-hybridized carbons (Fsp3) is 0.455. The third kappa shape index (κ3) is 4.43. The lowest BCUT2D eigenvalue weighted by molar-refractivity contribution is -0.139. The largest absolute Gasteiger partial charge is 0.465 e. The molecular weight excluding hydrogens is 432 g/mol. The van der Waals surface area contributed by atoms with Crippen molar-refractivity contribution in [3.05, 3.63) is 47.1 Å². The van der Waals surface area contributed by atoms with Crippen LogP contribution in [0.4, 0.5) is 16.3 Å². The van der Waals surface area contributed by atoms with Gasteiger partial charge in [-0.15, -0.1) is 10.2 Å². The molecule has 10 heteroatoms. The monoisotopic (exact) mass is 458 g/mol. The molecule has 2 saturated heterocycles. The maximum Gasteiger partial charge on any atom is 0.404 e. The summed E-state index contributed by atoms with van der Waals surface area (Å²) in [6, 6.07) is 11.5. The van der Waals surface area contributed by atoms with Crippen LogP contribution in [0.2, 0.25) is 5.15 Å². The highest BCUT2D eigenvalue weighted by Gasteiger charge is 2.46. The Morgan fingerprint density at radius 1 is 1.09 bits per heavy atom. The second kappa shape index (κ2) is 9.20. The Hall–Kier alpha value is -3.07. The van der Waals surface area contributed by atoms with Gasteiger partial charge in [0.1, 0.15) is 0 Å². The van der Waals surface area contributed by atoms with Crippen LogP contribution in [0, 0.1) is 0 Å². The number of nitrogen functional groups attached to an aromatic ring is 1. The van der Waals surface area contributed by atoms with Gasteiger partial charge in [0.15, 0.2) is 11.0 Å². The highest BCUT2D eigenvalue weighted by molar-refractivity contribution is 6.29. The third-order valence-electron chi connectivity index (χ3n) is 6.57. The number of carbonyl (C=O) groups is 2. The molecule has 1 aromatic carbocycles. The molecule has 1 aromatic heterocycles. The first kappa shape index (κ1) is 22.1. The normalized spacial score (nSPS) is 18.9. The van der Waals surface area contributed by atoms with E-state index in [1.54, 1.807) is 6.07 Å². The summed E-state index contributed by atoms with van der Waals surface area (Å²) >= 11 is 6.02. The first-order chi connectivity index (χ1) is 15.4. The highest BCUT2D eigenvalue weighted by Crippen LogP contribution is 2.40. The van der Waals surface area contributed by atoms with E-state index in [0.717, 1.165) is 11.3 Å². The molecule has 0 unspecified atom stereocenters. The number of carbonyl (C=O) groups excluding carboxylic acids is 1. The van der Waals surface area contributed by atoms with E-state index in [1.807, 2.05) is 35.2 Å². The molecule has 0 atom stereocenters. The number of likely N-dealkylation sites (tertiary alicyclic amines) is 1. The van der Waals surface area contributed by atoms with Crippen molar-refractivity contribution >= 4 is 35.1 Å². The SMILES string of the molecule is Nc1nnc(Cl)cc1N1CCC(C(=O)N2CCC(NC(=O)O)CC2)(c2ccccc2)CC1. The Morgan fingerprint density at radius 2 is 1.75 bits per heavy atom. The molecule has 0 bridgehead atoms. The van der Waals surface area contributed by atoms with Crippen molar-refractivity contribution in [1.82, 2.24) is 20.4 Å². The van der Waals surface area contributed by atoms with E-state index in [4.69, 9.17) is 22.4 Å². The molecule has 0 aliphatic carbocycles. The smallest absolute Gasteiger partial charge is 0.404 e. The molecule has 2 aliphatic rings. The lowest BCUT2D eigenvalue weighted by Gasteiger charge is -2.45. The van der Waals surface area contributed by atoms with Crippen LogP contribution >= 0.6 is 11.6 Å². The molecule has 2 fully saturated rings. The Kier molecular flexibility index (Phi) is 6.36. The van der Waals surface area contributed by atoms with E-state index in [9.17, 15) is 9.59 Å². The fourth-order valence-corrected chi connectivity index (χ4v) is 4.98. The summed E-state index contributed by atoms with van der Waals surface area (Å²) in [5.74, 6) is 0.428. The van der Waals surface area contributed by atoms with Crippen molar-refractivity contribution in [2.75, 3.05) is 36.8 Å². The number of rotatable bonds is 4. The van der Waals surface area contributed by atoms with Gasteiger partial charge in [-0.2, -0.15) is 0 Å². The maximum absolute atomic E-state index is 13.9. The zero-order valence-corrected chi connectivity index (χ0v) is 18.5. The van der Waals surface area contributed by atoms with E-state index in [0.29, 0.717) is 57.7 Å². The van der Waals surface area contributed by atoms with Crippen LogP contribution in [0.1, 0.15) is 31.2 Å². The number of benzene rings is 1. The zero-order valence-electron chi connectivity index (χ0n) is 17.7. The molecule has 3 heterocycles. The van der Waals surface area contributed by atoms with E-state index in [1.165, 1.54) is 0 Å². The Morgan fingerprint density at radius 3 is 2.38 bits per heavy atom.